The average molecular weight is 319 g/mol. The van der Waals surface area contributed by atoms with Crippen LogP contribution in [0.15, 0.2) is 18.2 Å². The largest absolute Gasteiger partial charge is 0.481 e. The Hall–Kier alpha value is -1.46. The number of carbonyl (C=O) groups is 2. The van der Waals surface area contributed by atoms with Crippen molar-refractivity contribution in [2.45, 2.75) is 20.3 Å². The van der Waals surface area contributed by atoms with Crippen molar-refractivity contribution in [1.29, 1.82) is 0 Å². The monoisotopic (exact) mass is 318 g/mol. The zero-order valence-corrected chi connectivity index (χ0v) is 12.7. The molecule has 5 nitrogen and oxygen atoms in total. The summed E-state index contributed by atoms with van der Waals surface area (Å²) in [5.74, 6) is -0.953. The van der Waals surface area contributed by atoms with E-state index in [-0.39, 0.29) is 6.54 Å². The summed E-state index contributed by atoms with van der Waals surface area (Å²) < 4.78 is 0. The normalized spacial score (nSPS) is 13.4. The van der Waals surface area contributed by atoms with Crippen LogP contribution in [0.5, 0.6) is 0 Å². The summed E-state index contributed by atoms with van der Waals surface area (Å²) in [5, 5.41) is 15.0. The van der Waals surface area contributed by atoms with E-state index in [4.69, 9.17) is 28.3 Å². The number of carboxylic acid groups (broad SMARTS) is 1. The first-order valence-electron chi connectivity index (χ1n) is 6.01. The van der Waals surface area contributed by atoms with Crippen LogP contribution in [0, 0.1) is 5.41 Å². The maximum absolute atomic E-state index is 11.7. The predicted octanol–water partition coefficient (Wildman–Crippen LogP) is 3.62. The molecule has 0 aliphatic heterocycles. The van der Waals surface area contributed by atoms with Gasteiger partial charge in [-0.05, 0) is 31.5 Å². The molecular formula is C13H16Cl2N2O3. The van der Waals surface area contributed by atoms with Crippen molar-refractivity contribution in [3.05, 3.63) is 28.2 Å². The van der Waals surface area contributed by atoms with Crippen molar-refractivity contribution >= 4 is 40.9 Å². The Labute approximate surface area is 127 Å². The molecule has 0 spiro atoms. The fourth-order valence-corrected chi connectivity index (χ4v) is 1.95. The van der Waals surface area contributed by atoms with Crippen LogP contribution < -0.4 is 10.6 Å². The quantitative estimate of drug-likeness (QED) is 0.775. The van der Waals surface area contributed by atoms with Gasteiger partial charge in [0.2, 0.25) is 0 Å². The Morgan fingerprint density at radius 2 is 1.80 bits per heavy atom. The second-order valence-electron chi connectivity index (χ2n) is 4.69. The zero-order valence-electron chi connectivity index (χ0n) is 11.2. The molecule has 110 valence electrons. The predicted molar refractivity (Wildman–Crippen MR) is 79.5 cm³/mol. The summed E-state index contributed by atoms with van der Waals surface area (Å²) in [6.45, 7) is 3.36. The van der Waals surface area contributed by atoms with Gasteiger partial charge in [0.25, 0.3) is 0 Å². The molecule has 2 amide bonds. The first-order chi connectivity index (χ1) is 9.26. The van der Waals surface area contributed by atoms with Crippen LogP contribution in [-0.2, 0) is 4.79 Å². The van der Waals surface area contributed by atoms with Gasteiger partial charge >= 0.3 is 12.0 Å². The van der Waals surface area contributed by atoms with E-state index < -0.39 is 17.4 Å². The smallest absolute Gasteiger partial charge is 0.319 e. The van der Waals surface area contributed by atoms with Crippen LogP contribution in [0.3, 0.4) is 0 Å². The minimum atomic E-state index is -0.997. The number of anilines is 1. The van der Waals surface area contributed by atoms with Crippen LogP contribution in [0.2, 0.25) is 10.0 Å². The van der Waals surface area contributed by atoms with E-state index in [2.05, 4.69) is 10.6 Å². The molecule has 3 N–H and O–H groups in total. The van der Waals surface area contributed by atoms with Crippen LogP contribution in [0.1, 0.15) is 20.3 Å². The fourth-order valence-electron chi connectivity index (χ4n) is 1.43. The molecule has 0 aliphatic carbocycles. The number of hydrogen-bond acceptors (Lipinski definition) is 2. The lowest BCUT2D eigenvalue weighted by Crippen LogP contribution is -2.42. The molecule has 1 aromatic carbocycles. The molecule has 20 heavy (non-hydrogen) atoms. The molecule has 0 radical (unpaired) electrons. The molecule has 1 rings (SSSR count). The van der Waals surface area contributed by atoms with Crippen molar-refractivity contribution in [3.63, 3.8) is 0 Å². The highest BCUT2D eigenvalue weighted by Gasteiger charge is 2.31. The summed E-state index contributed by atoms with van der Waals surface area (Å²) in [6, 6.07) is 4.13. The second kappa shape index (κ2) is 6.81. The van der Waals surface area contributed by atoms with Gasteiger partial charge in [-0.3, -0.25) is 4.79 Å². The topological polar surface area (TPSA) is 78.4 Å². The number of rotatable bonds is 5. The lowest BCUT2D eigenvalue weighted by Gasteiger charge is -2.23. The molecule has 1 unspecified atom stereocenters. The Morgan fingerprint density at radius 3 is 2.25 bits per heavy atom. The third-order valence-electron chi connectivity index (χ3n) is 3.06. The van der Waals surface area contributed by atoms with Crippen LogP contribution >= 0.6 is 23.2 Å². The first-order valence-corrected chi connectivity index (χ1v) is 6.77. The van der Waals surface area contributed by atoms with Crippen molar-refractivity contribution < 1.29 is 14.7 Å². The van der Waals surface area contributed by atoms with Gasteiger partial charge in [-0.1, -0.05) is 30.1 Å². The van der Waals surface area contributed by atoms with Gasteiger partial charge < -0.3 is 15.7 Å². The second-order valence-corrected chi connectivity index (χ2v) is 5.56. The van der Waals surface area contributed by atoms with Gasteiger partial charge in [-0.25, -0.2) is 4.79 Å². The average Bonchev–Trinajstić information content (AvgIpc) is 2.34. The van der Waals surface area contributed by atoms with E-state index in [0.717, 1.165) is 0 Å². The molecule has 0 heterocycles. The van der Waals surface area contributed by atoms with Crippen molar-refractivity contribution in [2.24, 2.45) is 5.41 Å². The lowest BCUT2D eigenvalue weighted by atomic mass is 9.88. The van der Waals surface area contributed by atoms with Gasteiger partial charge in [0.1, 0.15) is 0 Å². The van der Waals surface area contributed by atoms with Crippen molar-refractivity contribution in [3.8, 4) is 0 Å². The Bertz CT molecular complexity index is 502. The number of aliphatic carboxylic acids is 1. The summed E-state index contributed by atoms with van der Waals surface area (Å²) in [7, 11) is 0. The molecule has 0 fully saturated rings. The van der Waals surface area contributed by atoms with Gasteiger partial charge in [0.05, 0.1) is 5.41 Å². The van der Waals surface area contributed by atoms with E-state index in [9.17, 15) is 9.59 Å². The summed E-state index contributed by atoms with van der Waals surface area (Å²) >= 11 is 11.6. The molecule has 1 atom stereocenters. The third-order valence-corrected chi connectivity index (χ3v) is 3.49. The Morgan fingerprint density at radius 1 is 1.25 bits per heavy atom. The zero-order chi connectivity index (χ0) is 15.3. The van der Waals surface area contributed by atoms with Gasteiger partial charge in [0, 0.05) is 22.3 Å². The van der Waals surface area contributed by atoms with E-state index in [1.165, 1.54) is 0 Å². The maximum Gasteiger partial charge on any atom is 0.319 e. The van der Waals surface area contributed by atoms with Crippen molar-refractivity contribution in [1.82, 2.24) is 5.32 Å². The molecule has 0 aliphatic rings. The number of carbonyl (C=O) groups excluding carboxylic acids is 1. The van der Waals surface area contributed by atoms with Gasteiger partial charge in [-0.2, -0.15) is 0 Å². The number of amides is 2. The Balaban J connectivity index is 2.62. The molecule has 0 bridgehead atoms. The van der Waals surface area contributed by atoms with E-state index >= 15 is 0 Å². The molecule has 7 heteroatoms. The first kappa shape index (κ1) is 16.6. The number of halogens is 2. The molecule has 0 aromatic heterocycles. The minimum Gasteiger partial charge on any atom is -0.481 e. The molecular weight excluding hydrogens is 303 g/mol. The van der Waals surface area contributed by atoms with E-state index in [1.807, 2.05) is 0 Å². The number of nitrogens with one attached hydrogen (secondary N) is 2. The number of carboxylic acids is 1. The molecule has 1 aromatic rings. The summed E-state index contributed by atoms with van der Waals surface area (Å²) in [5.41, 5.74) is -0.558. The van der Waals surface area contributed by atoms with Crippen LogP contribution in [-0.4, -0.2) is 23.7 Å². The highest BCUT2D eigenvalue weighted by molar-refractivity contribution is 6.35. The summed E-state index contributed by atoms with van der Waals surface area (Å²) in [6.07, 6.45) is 0.408. The SMILES string of the molecule is CCC(C)(CNC(=O)Nc1cc(Cl)cc(Cl)c1)C(=O)O. The summed E-state index contributed by atoms with van der Waals surface area (Å²) in [4.78, 5) is 22.8. The van der Waals surface area contributed by atoms with Gasteiger partial charge in [-0.15, -0.1) is 0 Å². The fraction of sp³-hybridized carbons (Fsp3) is 0.385. The number of urea groups is 1. The lowest BCUT2D eigenvalue weighted by molar-refractivity contribution is -0.147. The maximum atomic E-state index is 11.7. The van der Waals surface area contributed by atoms with Gasteiger partial charge in [0.15, 0.2) is 0 Å². The standard InChI is InChI=1S/C13H16Cl2N2O3/c1-3-13(2,11(18)19)7-16-12(20)17-10-5-8(14)4-9(15)6-10/h4-6H,3,7H2,1-2H3,(H,18,19)(H2,16,17,20). The van der Waals surface area contributed by atoms with Crippen LogP contribution in [0.4, 0.5) is 10.5 Å². The highest BCUT2D eigenvalue weighted by atomic mass is 35.5. The number of hydrogen-bond donors (Lipinski definition) is 3. The highest BCUT2D eigenvalue weighted by Crippen LogP contribution is 2.23. The Kier molecular flexibility index (Phi) is 5.65. The van der Waals surface area contributed by atoms with E-state index in [1.54, 1.807) is 32.0 Å². The van der Waals surface area contributed by atoms with Crippen molar-refractivity contribution in [2.75, 3.05) is 11.9 Å². The minimum absolute atomic E-state index is 0.0268. The van der Waals surface area contributed by atoms with E-state index in [0.29, 0.717) is 22.2 Å². The molecule has 0 saturated heterocycles. The third kappa shape index (κ3) is 4.58. The number of benzene rings is 1. The van der Waals surface area contributed by atoms with Crippen LogP contribution in [0.25, 0.3) is 0 Å². The molecule has 0 saturated carbocycles.